The van der Waals surface area contributed by atoms with Crippen LogP contribution in [-0.4, -0.2) is 55.2 Å². The Morgan fingerprint density at radius 2 is 2.43 bits per heavy atom. The number of rotatable bonds is 5. The largest absolute Gasteiger partial charge is 0.384 e. The van der Waals surface area contributed by atoms with Gasteiger partial charge in [-0.2, -0.15) is 11.8 Å². The van der Waals surface area contributed by atoms with Crippen LogP contribution in [0.25, 0.3) is 0 Å². The van der Waals surface area contributed by atoms with Gasteiger partial charge in [-0.05, 0) is 36.3 Å². The standard InChI is InChI=1S/C16H22N2O2S/c1-20-8-7-18(14-5-9-21-11-14)16(19)13-3-2-12-4-6-17-15(12)10-13/h2-3,10,14,17H,4-9,11H2,1H3. The van der Waals surface area contributed by atoms with Crippen LogP contribution in [0, 0.1) is 0 Å². The summed E-state index contributed by atoms with van der Waals surface area (Å²) < 4.78 is 5.18. The Morgan fingerprint density at radius 1 is 1.52 bits per heavy atom. The van der Waals surface area contributed by atoms with Gasteiger partial charge >= 0.3 is 0 Å². The van der Waals surface area contributed by atoms with Crippen LogP contribution in [0.15, 0.2) is 18.2 Å². The van der Waals surface area contributed by atoms with Gasteiger partial charge in [-0.25, -0.2) is 0 Å². The highest BCUT2D eigenvalue weighted by Crippen LogP contribution is 2.27. The van der Waals surface area contributed by atoms with Crippen molar-refractivity contribution in [2.75, 3.05) is 43.6 Å². The molecule has 2 aliphatic rings. The fourth-order valence-electron chi connectivity index (χ4n) is 3.00. The molecule has 1 N–H and O–H groups in total. The quantitative estimate of drug-likeness (QED) is 0.906. The lowest BCUT2D eigenvalue weighted by Gasteiger charge is -2.28. The maximum atomic E-state index is 12.9. The second-order valence-corrected chi connectivity index (χ2v) is 6.71. The van der Waals surface area contributed by atoms with Gasteiger partial charge < -0.3 is 15.0 Å². The maximum absolute atomic E-state index is 12.9. The van der Waals surface area contributed by atoms with E-state index in [0.29, 0.717) is 19.2 Å². The van der Waals surface area contributed by atoms with Gasteiger partial charge in [0.1, 0.15) is 0 Å². The maximum Gasteiger partial charge on any atom is 0.254 e. The smallest absolute Gasteiger partial charge is 0.254 e. The molecule has 1 fully saturated rings. The van der Waals surface area contributed by atoms with Crippen LogP contribution in [0.2, 0.25) is 0 Å². The summed E-state index contributed by atoms with van der Waals surface area (Å²) in [5.41, 5.74) is 3.22. The van der Waals surface area contributed by atoms with E-state index >= 15 is 0 Å². The van der Waals surface area contributed by atoms with Crippen molar-refractivity contribution in [1.82, 2.24) is 4.90 Å². The van der Waals surface area contributed by atoms with E-state index in [1.54, 1.807) is 7.11 Å². The average molecular weight is 306 g/mol. The molecule has 0 spiro atoms. The molecule has 1 amide bonds. The highest BCUT2D eigenvalue weighted by molar-refractivity contribution is 7.99. The van der Waals surface area contributed by atoms with Crippen molar-refractivity contribution in [3.05, 3.63) is 29.3 Å². The average Bonchev–Trinajstić information content (AvgIpc) is 3.18. The molecule has 0 radical (unpaired) electrons. The van der Waals surface area contributed by atoms with Gasteiger partial charge in [-0.1, -0.05) is 6.07 Å². The predicted molar refractivity (Wildman–Crippen MR) is 87.3 cm³/mol. The summed E-state index contributed by atoms with van der Waals surface area (Å²) in [5.74, 6) is 2.32. The first-order chi connectivity index (χ1) is 10.3. The third kappa shape index (κ3) is 3.19. The number of amides is 1. The molecule has 1 saturated heterocycles. The number of nitrogens with one attached hydrogen (secondary N) is 1. The third-order valence-electron chi connectivity index (χ3n) is 4.21. The van der Waals surface area contributed by atoms with Crippen molar-refractivity contribution >= 4 is 23.4 Å². The van der Waals surface area contributed by atoms with Crippen LogP contribution in [0.4, 0.5) is 5.69 Å². The fourth-order valence-corrected chi connectivity index (χ4v) is 4.22. The SMILES string of the molecule is COCCN(C(=O)c1ccc2c(c1)NCC2)C1CCSC1. The number of nitrogens with zero attached hydrogens (tertiary/aromatic N) is 1. The fraction of sp³-hybridized carbons (Fsp3) is 0.562. The second kappa shape index (κ2) is 6.71. The number of carbonyl (C=O) groups is 1. The normalized spacial score (nSPS) is 20.1. The molecule has 21 heavy (non-hydrogen) atoms. The summed E-state index contributed by atoms with van der Waals surface area (Å²) in [5, 5.41) is 3.35. The first kappa shape index (κ1) is 14.7. The molecule has 1 aromatic carbocycles. The van der Waals surface area contributed by atoms with E-state index in [0.717, 1.165) is 42.1 Å². The number of thioether (sulfide) groups is 1. The van der Waals surface area contributed by atoms with Crippen LogP contribution in [0.1, 0.15) is 22.3 Å². The van der Waals surface area contributed by atoms with E-state index in [1.165, 1.54) is 5.56 Å². The Bertz CT molecular complexity index is 515. The molecule has 1 aromatic rings. The molecule has 0 bridgehead atoms. The van der Waals surface area contributed by atoms with Gasteiger partial charge in [-0.15, -0.1) is 0 Å². The molecule has 114 valence electrons. The van der Waals surface area contributed by atoms with Gasteiger partial charge in [0.2, 0.25) is 0 Å². The van der Waals surface area contributed by atoms with E-state index in [9.17, 15) is 4.79 Å². The zero-order valence-electron chi connectivity index (χ0n) is 12.4. The molecular weight excluding hydrogens is 284 g/mol. The lowest BCUT2D eigenvalue weighted by atomic mass is 10.1. The minimum absolute atomic E-state index is 0.135. The first-order valence-electron chi connectivity index (χ1n) is 7.54. The Kier molecular flexibility index (Phi) is 4.70. The predicted octanol–water partition coefficient (Wildman–Crippen LogP) is 2.25. The number of fused-ring (bicyclic) bond motifs is 1. The Morgan fingerprint density at radius 3 is 3.19 bits per heavy atom. The van der Waals surface area contributed by atoms with E-state index in [-0.39, 0.29) is 5.91 Å². The van der Waals surface area contributed by atoms with Gasteiger partial charge in [0.05, 0.1) is 6.61 Å². The lowest BCUT2D eigenvalue weighted by molar-refractivity contribution is 0.0625. The molecule has 3 rings (SSSR count). The van der Waals surface area contributed by atoms with Crippen molar-refractivity contribution in [3.8, 4) is 0 Å². The molecule has 4 nitrogen and oxygen atoms in total. The molecule has 1 atom stereocenters. The van der Waals surface area contributed by atoms with Gasteiger partial charge in [-0.3, -0.25) is 4.79 Å². The van der Waals surface area contributed by atoms with Crippen molar-refractivity contribution < 1.29 is 9.53 Å². The first-order valence-corrected chi connectivity index (χ1v) is 8.69. The van der Waals surface area contributed by atoms with Crippen LogP contribution >= 0.6 is 11.8 Å². The summed E-state index contributed by atoms with van der Waals surface area (Å²) in [4.78, 5) is 14.9. The number of hydrogen-bond donors (Lipinski definition) is 1. The summed E-state index contributed by atoms with van der Waals surface area (Å²) >= 11 is 1.93. The second-order valence-electron chi connectivity index (χ2n) is 5.56. The zero-order chi connectivity index (χ0) is 14.7. The molecule has 2 heterocycles. The summed E-state index contributed by atoms with van der Waals surface area (Å²) in [6.07, 6.45) is 2.14. The van der Waals surface area contributed by atoms with Gasteiger partial charge in [0.25, 0.3) is 5.91 Å². The van der Waals surface area contributed by atoms with E-state index < -0.39 is 0 Å². The van der Waals surface area contributed by atoms with E-state index in [4.69, 9.17) is 4.74 Å². The Labute approximate surface area is 130 Å². The summed E-state index contributed by atoms with van der Waals surface area (Å²) in [7, 11) is 1.69. The minimum atomic E-state index is 0.135. The molecule has 0 aromatic heterocycles. The number of methoxy groups -OCH3 is 1. The van der Waals surface area contributed by atoms with Crippen LogP contribution in [-0.2, 0) is 11.2 Å². The number of ether oxygens (including phenoxy) is 1. The topological polar surface area (TPSA) is 41.6 Å². The molecule has 2 aliphatic heterocycles. The molecule has 0 aliphatic carbocycles. The number of anilines is 1. The Balaban J connectivity index is 1.79. The van der Waals surface area contributed by atoms with Crippen LogP contribution in [0.5, 0.6) is 0 Å². The van der Waals surface area contributed by atoms with Crippen LogP contribution < -0.4 is 5.32 Å². The number of hydrogen-bond acceptors (Lipinski definition) is 4. The molecule has 1 unspecified atom stereocenters. The minimum Gasteiger partial charge on any atom is -0.384 e. The highest BCUT2D eigenvalue weighted by atomic mass is 32.2. The van der Waals surface area contributed by atoms with Gasteiger partial charge in [0, 0.05) is 43.2 Å². The highest BCUT2D eigenvalue weighted by Gasteiger charge is 2.28. The van der Waals surface area contributed by atoms with Gasteiger partial charge in [0.15, 0.2) is 0 Å². The van der Waals surface area contributed by atoms with Crippen molar-refractivity contribution in [2.24, 2.45) is 0 Å². The molecular formula is C16H22N2O2S. The van der Waals surface area contributed by atoms with E-state index in [2.05, 4.69) is 11.4 Å². The van der Waals surface area contributed by atoms with Crippen molar-refractivity contribution in [3.63, 3.8) is 0 Å². The van der Waals surface area contributed by atoms with Crippen molar-refractivity contribution in [2.45, 2.75) is 18.9 Å². The summed E-state index contributed by atoms with van der Waals surface area (Å²) in [6.45, 7) is 2.24. The van der Waals surface area contributed by atoms with Crippen molar-refractivity contribution in [1.29, 1.82) is 0 Å². The Hall–Kier alpha value is -1.20. The third-order valence-corrected chi connectivity index (χ3v) is 5.36. The molecule has 0 saturated carbocycles. The zero-order valence-corrected chi connectivity index (χ0v) is 13.2. The van der Waals surface area contributed by atoms with Crippen LogP contribution in [0.3, 0.4) is 0 Å². The monoisotopic (exact) mass is 306 g/mol. The number of benzene rings is 1. The summed E-state index contributed by atoms with van der Waals surface area (Å²) in [6, 6.07) is 6.40. The lowest BCUT2D eigenvalue weighted by Crippen LogP contribution is -2.42. The molecule has 5 heteroatoms. The van der Waals surface area contributed by atoms with E-state index in [1.807, 2.05) is 28.8 Å². The number of carbonyl (C=O) groups excluding carboxylic acids is 1.